The second kappa shape index (κ2) is 10.9. The molecule has 1 heterocycles. The third kappa shape index (κ3) is 7.86. The fraction of sp³-hybridized carbons (Fsp3) is 0.593. The van der Waals surface area contributed by atoms with Gasteiger partial charge in [0.25, 0.3) is 0 Å². The lowest BCUT2D eigenvalue weighted by Crippen LogP contribution is -2.43. The number of aromatic nitrogens is 2. The Balaban J connectivity index is 2.24. The van der Waals surface area contributed by atoms with E-state index in [1.165, 1.54) is 0 Å². The van der Waals surface area contributed by atoms with Crippen LogP contribution in [0.25, 0.3) is 5.69 Å². The molecule has 7 heteroatoms. The summed E-state index contributed by atoms with van der Waals surface area (Å²) in [6.45, 7) is 18.7. The Morgan fingerprint density at radius 3 is 2.24 bits per heavy atom. The Hall–Kier alpha value is -2.34. The van der Waals surface area contributed by atoms with E-state index >= 15 is 0 Å². The molecule has 1 atom stereocenters. The summed E-state index contributed by atoms with van der Waals surface area (Å²) in [5, 5.41) is 8.23. The van der Waals surface area contributed by atoms with E-state index in [9.17, 15) is 9.59 Å². The first kappa shape index (κ1) is 27.9. The zero-order chi connectivity index (χ0) is 25.8. The van der Waals surface area contributed by atoms with Crippen LogP contribution in [0.5, 0.6) is 0 Å². The molecule has 0 radical (unpaired) electrons. The van der Waals surface area contributed by atoms with Crippen LogP contribution in [0.3, 0.4) is 0 Å². The largest absolute Gasteiger partial charge is 0.331 e. The van der Waals surface area contributed by atoms with E-state index in [0.717, 1.165) is 12.1 Å². The minimum Gasteiger partial charge on any atom is -0.331 e. The van der Waals surface area contributed by atoms with Crippen molar-refractivity contribution in [3.8, 4) is 5.69 Å². The molecule has 188 valence electrons. The molecule has 0 saturated heterocycles. The van der Waals surface area contributed by atoms with Gasteiger partial charge < -0.3 is 10.2 Å². The van der Waals surface area contributed by atoms with Gasteiger partial charge in [-0.1, -0.05) is 72.2 Å². The van der Waals surface area contributed by atoms with Gasteiger partial charge in [-0.25, -0.2) is 4.68 Å². The van der Waals surface area contributed by atoms with Crippen molar-refractivity contribution < 1.29 is 9.59 Å². The number of nitrogens with zero attached hydrogens (tertiary/aromatic N) is 3. The maximum absolute atomic E-state index is 13.1. The van der Waals surface area contributed by atoms with Crippen LogP contribution in [-0.2, 0) is 15.0 Å². The van der Waals surface area contributed by atoms with Gasteiger partial charge in [-0.15, -0.1) is 0 Å². The lowest BCUT2D eigenvalue weighted by Gasteiger charge is -2.29. The second-order valence-corrected chi connectivity index (χ2v) is 12.2. The smallest absolute Gasteiger partial charge is 0.245 e. The molecular weight excluding hydrogens is 448 g/mol. The normalized spacial score (nSPS) is 13.1. The molecule has 0 fully saturated rings. The Morgan fingerprint density at radius 2 is 1.71 bits per heavy atom. The van der Waals surface area contributed by atoms with Crippen LogP contribution in [0, 0.1) is 11.3 Å². The molecule has 1 aromatic carbocycles. The maximum Gasteiger partial charge on any atom is 0.245 e. The first-order valence-electron chi connectivity index (χ1n) is 12.0. The highest BCUT2D eigenvalue weighted by Crippen LogP contribution is 2.29. The summed E-state index contributed by atoms with van der Waals surface area (Å²) in [5.74, 6) is 0.504. The van der Waals surface area contributed by atoms with Gasteiger partial charge in [0.1, 0.15) is 12.4 Å². The monoisotopic (exact) mass is 488 g/mol. The number of carbonyl (C=O) groups excluding carboxylic acids is 2. The highest BCUT2D eigenvalue weighted by atomic mass is 35.5. The topological polar surface area (TPSA) is 67.2 Å². The van der Waals surface area contributed by atoms with Crippen molar-refractivity contribution in [1.29, 1.82) is 0 Å². The van der Waals surface area contributed by atoms with E-state index < -0.39 is 0 Å². The van der Waals surface area contributed by atoms with Crippen LogP contribution < -0.4 is 5.32 Å². The van der Waals surface area contributed by atoms with Crippen LogP contribution >= 0.6 is 11.6 Å². The summed E-state index contributed by atoms with van der Waals surface area (Å²) < 4.78 is 1.66. The number of benzene rings is 1. The van der Waals surface area contributed by atoms with Gasteiger partial charge in [-0.05, 0) is 43.7 Å². The average Bonchev–Trinajstić information content (AvgIpc) is 3.08. The van der Waals surface area contributed by atoms with Crippen LogP contribution in [0.4, 0.5) is 5.82 Å². The van der Waals surface area contributed by atoms with E-state index in [-0.39, 0.29) is 41.1 Å². The highest BCUT2D eigenvalue weighted by molar-refractivity contribution is 6.32. The van der Waals surface area contributed by atoms with E-state index in [2.05, 4.69) is 53.8 Å². The molecule has 1 unspecified atom stereocenters. The highest BCUT2D eigenvalue weighted by Gasteiger charge is 2.26. The SMILES string of the molecule is CC(CC(=O)N(CC(=O)Nc1cc(C(C)(C)C)nn1-c1ccccc1Cl)C(C)C)CC(C)(C)C. The minimum absolute atomic E-state index is 0.00288. The molecule has 1 aromatic heterocycles. The van der Waals surface area contributed by atoms with Gasteiger partial charge in [0.05, 0.1) is 16.4 Å². The Labute approximate surface area is 210 Å². The van der Waals surface area contributed by atoms with Crippen molar-refractivity contribution in [2.45, 2.75) is 86.6 Å². The molecular formula is C27H41ClN4O2. The fourth-order valence-corrected chi connectivity index (χ4v) is 4.29. The average molecular weight is 489 g/mol. The van der Waals surface area contributed by atoms with Crippen LogP contribution in [0.2, 0.25) is 5.02 Å². The number of anilines is 1. The third-order valence-electron chi connectivity index (χ3n) is 5.57. The van der Waals surface area contributed by atoms with Gasteiger partial charge in [0.15, 0.2) is 0 Å². The number of para-hydroxylation sites is 1. The third-order valence-corrected chi connectivity index (χ3v) is 5.89. The fourth-order valence-electron chi connectivity index (χ4n) is 4.07. The molecule has 2 amide bonds. The summed E-state index contributed by atoms with van der Waals surface area (Å²) in [5.41, 5.74) is 1.45. The summed E-state index contributed by atoms with van der Waals surface area (Å²) in [4.78, 5) is 27.8. The molecule has 2 aromatic rings. The molecule has 6 nitrogen and oxygen atoms in total. The summed E-state index contributed by atoms with van der Waals surface area (Å²) in [6, 6.07) is 9.16. The van der Waals surface area contributed by atoms with Gasteiger partial charge >= 0.3 is 0 Å². The van der Waals surface area contributed by atoms with Crippen molar-refractivity contribution in [2.75, 3.05) is 11.9 Å². The van der Waals surface area contributed by atoms with Gasteiger partial charge in [-0.3, -0.25) is 9.59 Å². The summed E-state index contributed by atoms with van der Waals surface area (Å²) in [7, 11) is 0. The number of rotatable bonds is 8. The number of amides is 2. The molecule has 0 aliphatic rings. The summed E-state index contributed by atoms with van der Waals surface area (Å²) in [6.07, 6.45) is 1.37. The molecule has 0 aliphatic heterocycles. The van der Waals surface area contributed by atoms with E-state index in [1.54, 1.807) is 15.6 Å². The Kier molecular flexibility index (Phi) is 8.98. The lowest BCUT2D eigenvalue weighted by atomic mass is 9.84. The van der Waals surface area contributed by atoms with E-state index in [1.807, 2.05) is 38.1 Å². The number of nitrogens with one attached hydrogen (secondary N) is 1. The molecule has 1 N–H and O–H groups in total. The van der Waals surface area contributed by atoms with Gasteiger partial charge in [0, 0.05) is 23.9 Å². The minimum atomic E-state index is -0.265. The first-order valence-corrected chi connectivity index (χ1v) is 12.4. The lowest BCUT2D eigenvalue weighted by molar-refractivity contribution is -0.137. The van der Waals surface area contributed by atoms with Crippen molar-refractivity contribution in [3.63, 3.8) is 0 Å². The summed E-state index contributed by atoms with van der Waals surface area (Å²) >= 11 is 6.43. The molecule has 0 bridgehead atoms. The van der Waals surface area contributed by atoms with E-state index in [4.69, 9.17) is 16.7 Å². The van der Waals surface area contributed by atoms with Crippen molar-refractivity contribution in [1.82, 2.24) is 14.7 Å². The van der Waals surface area contributed by atoms with Crippen LogP contribution in [0.1, 0.15) is 80.8 Å². The number of hydrogen-bond donors (Lipinski definition) is 1. The molecule has 0 aliphatic carbocycles. The van der Waals surface area contributed by atoms with Crippen molar-refractivity contribution >= 4 is 29.2 Å². The zero-order valence-corrected chi connectivity index (χ0v) is 23.0. The number of halogens is 1. The Morgan fingerprint density at radius 1 is 1.09 bits per heavy atom. The van der Waals surface area contributed by atoms with Crippen LogP contribution in [-0.4, -0.2) is 39.1 Å². The number of carbonyl (C=O) groups is 2. The van der Waals surface area contributed by atoms with Gasteiger partial charge in [-0.2, -0.15) is 5.10 Å². The predicted molar refractivity (Wildman–Crippen MR) is 141 cm³/mol. The first-order chi connectivity index (χ1) is 15.6. The van der Waals surface area contributed by atoms with Gasteiger partial charge in [0.2, 0.25) is 11.8 Å². The van der Waals surface area contributed by atoms with Crippen molar-refractivity contribution in [2.24, 2.45) is 11.3 Å². The predicted octanol–water partition coefficient (Wildman–Crippen LogP) is 6.46. The van der Waals surface area contributed by atoms with Crippen molar-refractivity contribution in [3.05, 3.63) is 41.0 Å². The molecule has 0 saturated carbocycles. The quantitative estimate of drug-likeness (QED) is 0.463. The standard InChI is InChI=1S/C27H41ClN4O2/c1-18(2)31(25(34)14-19(3)16-26(4,5)6)17-24(33)29-23-15-22(27(7,8)9)30-32(23)21-13-11-10-12-20(21)28/h10-13,15,18-19H,14,16-17H2,1-9H3,(H,29,33). The Bertz CT molecular complexity index is 999. The van der Waals surface area contributed by atoms with E-state index in [0.29, 0.717) is 22.9 Å². The number of hydrogen-bond acceptors (Lipinski definition) is 3. The maximum atomic E-state index is 13.1. The van der Waals surface area contributed by atoms with Crippen LogP contribution in [0.15, 0.2) is 30.3 Å². The second-order valence-electron chi connectivity index (χ2n) is 11.8. The molecule has 34 heavy (non-hydrogen) atoms. The molecule has 2 rings (SSSR count). The molecule has 0 spiro atoms. The zero-order valence-electron chi connectivity index (χ0n) is 22.2.